The molecule has 5 nitrogen and oxygen atoms in total. The largest absolute Gasteiger partial charge is 0.416 e. The number of halogens is 4. The number of hydrogen-bond donors (Lipinski definition) is 3. The third-order valence-corrected chi connectivity index (χ3v) is 3.28. The summed E-state index contributed by atoms with van der Waals surface area (Å²) >= 11 is 5.72. The molecular formula is C13H11ClF3N3O2. The van der Waals surface area contributed by atoms with Gasteiger partial charge in [-0.2, -0.15) is 18.3 Å². The van der Waals surface area contributed by atoms with Gasteiger partial charge in [-0.1, -0.05) is 29.8 Å². The Morgan fingerprint density at radius 3 is 2.73 bits per heavy atom. The van der Waals surface area contributed by atoms with Crippen molar-refractivity contribution in [2.75, 3.05) is 11.9 Å². The van der Waals surface area contributed by atoms with Crippen molar-refractivity contribution in [3.63, 3.8) is 0 Å². The molecule has 0 unspecified atom stereocenters. The van der Waals surface area contributed by atoms with Crippen molar-refractivity contribution in [2.24, 2.45) is 0 Å². The van der Waals surface area contributed by atoms with Gasteiger partial charge in [0.15, 0.2) is 0 Å². The lowest BCUT2D eigenvalue weighted by atomic mass is 10.0. The molecular weight excluding hydrogens is 323 g/mol. The van der Waals surface area contributed by atoms with E-state index in [4.69, 9.17) is 11.6 Å². The van der Waals surface area contributed by atoms with Gasteiger partial charge >= 0.3 is 6.18 Å². The van der Waals surface area contributed by atoms with Gasteiger partial charge in [-0.15, -0.1) is 0 Å². The molecule has 0 fully saturated rings. The van der Waals surface area contributed by atoms with E-state index >= 15 is 0 Å². The van der Waals surface area contributed by atoms with Gasteiger partial charge in [0.2, 0.25) is 0 Å². The van der Waals surface area contributed by atoms with Gasteiger partial charge in [-0.3, -0.25) is 4.79 Å². The average molecular weight is 334 g/mol. The van der Waals surface area contributed by atoms with Crippen molar-refractivity contribution in [3.8, 4) is 0 Å². The fraction of sp³-hybridized carbons (Fsp3) is 0.231. The molecule has 0 bridgehead atoms. The first-order valence-electron chi connectivity index (χ1n) is 6.12. The van der Waals surface area contributed by atoms with Gasteiger partial charge in [0.25, 0.3) is 5.56 Å². The topological polar surface area (TPSA) is 78.0 Å². The summed E-state index contributed by atoms with van der Waals surface area (Å²) in [6, 6.07) is 4.71. The number of aromatic nitrogens is 2. The lowest BCUT2D eigenvalue weighted by molar-refractivity contribution is -0.139. The van der Waals surface area contributed by atoms with Gasteiger partial charge in [0.05, 0.1) is 23.6 Å². The predicted octanol–water partition coefficient (Wildman–Crippen LogP) is 2.59. The first-order valence-corrected chi connectivity index (χ1v) is 6.49. The molecule has 9 heteroatoms. The highest BCUT2D eigenvalue weighted by molar-refractivity contribution is 6.32. The zero-order valence-corrected chi connectivity index (χ0v) is 11.7. The number of rotatable bonds is 4. The third kappa shape index (κ3) is 3.58. The number of aliphatic hydroxyl groups is 1. The molecule has 0 aliphatic rings. The second kappa shape index (κ2) is 6.37. The van der Waals surface area contributed by atoms with E-state index in [2.05, 4.69) is 15.5 Å². The molecule has 118 valence electrons. The Kier molecular flexibility index (Phi) is 4.72. The SMILES string of the molecule is O=c1[nH]ncc(NC[C@@H](O)c2ccccc2C(F)(F)F)c1Cl. The van der Waals surface area contributed by atoms with E-state index in [1.165, 1.54) is 24.4 Å². The third-order valence-electron chi connectivity index (χ3n) is 2.91. The normalized spacial score (nSPS) is 13.0. The van der Waals surface area contributed by atoms with E-state index in [1.54, 1.807) is 0 Å². The van der Waals surface area contributed by atoms with Crippen LogP contribution in [0.25, 0.3) is 0 Å². The molecule has 0 saturated heterocycles. The van der Waals surface area contributed by atoms with E-state index in [-0.39, 0.29) is 22.8 Å². The molecule has 1 aromatic heterocycles. The molecule has 0 amide bonds. The molecule has 0 spiro atoms. The van der Waals surface area contributed by atoms with Crippen LogP contribution >= 0.6 is 11.6 Å². The standard InChI is InChI=1S/C13H11ClF3N3O2/c14-11-9(5-19-20-12(11)22)18-6-10(21)7-3-1-2-4-8(7)13(15,16)17/h1-5,10,21H,6H2,(H2,18,20,22)/t10-/m1/s1. The highest BCUT2D eigenvalue weighted by Crippen LogP contribution is 2.34. The van der Waals surface area contributed by atoms with Crippen LogP contribution in [0.5, 0.6) is 0 Å². The summed E-state index contributed by atoms with van der Waals surface area (Å²) in [6.45, 7) is -0.266. The molecule has 0 aliphatic carbocycles. The van der Waals surface area contributed by atoms with Gasteiger partial charge in [-0.25, -0.2) is 5.10 Å². The fourth-order valence-electron chi connectivity index (χ4n) is 1.87. The second-order valence-electron chi connectivity index (χ2n) is 4.41. The lowest BCUT2D eigenvalue weighted by Gasteiger charge is -2.18. The maximum Gasteiger partial charge on any atom is 0.416 e. The highest BCUT2D eigenvalue weighted by Gasteiger charge is 2.34. The van der Waals surface area contributed by atoms with E-state index in [0.717, 1.165) is 6.07 Å². The van der Waals surface area contributed by atoms with Crippen LogP contribution in [-0.4, -0.2) is 21.8 Å². The average Bonchev–Trinajstić information content (AvgIpc) is 2.47. The predicted molar refractivity (Wildman–Crippen MR) is 74.8 cm³/mol. The second-order valence-corrected chi connectivity index (χ2v) is 4.79. The fourth-order valence-corrected chi connectivity index (χ4v) is 2.03. The minimum atomic E-state index is -4.57. The van der Waals surface area contributed by atoms with Crippen molar-refractivity contribution in [2.45, 2.75) is 12.3 Å². The summed E-state index contributed by atoms with van der Waals surface area (Å²) in [4.78, 5) is 11.2. The Bertz CT molecular complexity index is 718. The van der Waals surface area contributed by atoms with E-state index in [9.17, 15) is 23.1 Å². The van der Waals surface area contributed by atoms with Crippen LogP contribution in [0.2, 0.25) is 5.02 Å². The first-order chi connectivity index (χ1) is 10.3. The molecule has 2 aromatic rings. The van der Waals surface area contributed by atoms with Gasteiger partial charge < -0.3 is 10.4 Å². The van der Waals surface area contributed by atoms with E-state index in [1.807, 2.05) is 0 Å². The van der Waals surface area contributed by atoms with Crippen LogP contribution in [0.4, 0.5) is 18.9 Å². The summed E-state index contributed by atoms with van der Waals surface area (Å²) in [7, 11) is 0. The van der Waals surface area contributed by atoms with E-state index < -0.39 is 23.4 Å². The van der Waals surface area contributed by atoms with Crippen molar-refractivity contribution >= 4 is 17.3 Å². The summed E-state index contributed by atoms with van der Waals surface area (Å²) in [5, 5.41) is 18.0. The summed E-state index contributed by atoms with van der Waals surface area (Å²) < 4.78 is 38.6. The van der Waals surface area contributed by atoms with Crippen LogP contribution in [0.15, 0.2) is 35.3 Å². The smallest absolute Gasteiger partial charge is 0.387 e. The van der Waals surface area contributed by atoms with Gasteiger partial charge in [0, 0.05) is 6.54 Å². The number of benzene rings is 1. The zero-order valence-electron chi connectivity index (χ0n) is 11.0. The molecule has 22 heavy (non-hydrogen) atoms. The summed E-state index contributed by atoms with van der Waals surface area (Å²) in [5.74, 6) is 0. The number of anilines is 1. The van der Waals surface area contributed by atoms with Crippen molar-refractivity contribution in [1.82, 2.24) is 10.2 Å². The van der Waals surface area contributed by atoms with Crippen molar-refractivity contribution in [1.29, 1.82) is 0 Å². The highest BCUT2D eigenvalue weighted by atomic mass is 35.5. The Morgan fingerprint density at radius 1 is 1.36 bits per heavy atom. The summed E-state index contributed by atoms with van der Waals surface area (Å²) in [6.07, 6.45) is -4.81. The van der Waals surface area contributed by atoms with Crippen molar-refractivity contribution in [3.05, 3.63) is 57.0 Å². The number of nitrogens with one attached hydrogen (secondary N) is 2. The van der Waals surface area contributed by atoms with Gasteiger partial charge in [0.1, 0.15) is 5.02 Å². The quantitative estimate of drug-likeness (QED) is 0.803. The molecule has 1 aromatic carbocycles. The number of hydrogen-bond acceptors (Lipinski definition) is 4. The molecule has 3 N–H and O–H groups in total. The Morgan fingerprint density at radius 2 is 2.05 bits per heavy atom. The molecule has 0 saturated carbocycles. The zero-order chi connectivity index (χ0) is 16.3. The molecule has 1 atom stereocenters. The number of aromatic amines is 1. The maximum absolute atomic E-state index is 12.9. The molecule has 0 radical (unpaired) electrons. The van der Waals surface area contributed by atoms with Crippen LogP contribution in [0, 0.1) is 0 Å². The minimum Gasteiger partial charge on any atom is -0.387 e. The van der Waals surface area contributed by atoms with Gasteiger partial charge in [-0.05, 0) is 11.6 Å². The number of nitrogens with zero attached hydrogens (tertiary/aromatic N) is 1. The van der Waals surface area contributed by atoms with E-state index in [0.29, 0.717) is 0 Å². The molecule has 0 aliphatic heterocycles. The van der Waals surface area contributed by atoms with Crippen LogP contribution < -0.4 is 10.9 Å². The first kappa shape index (κ1) is 16.3. The number of H-pyrrole nitrogens is 1. The molecule has 1 heterocycles. The number of aliphatic hydroxyl groups excluding tert-OH is 1. The monoisotopic (exact) mass is 333 g/mol. The summed E-state index contributed by atoms with van der Waals surface area (Å²) in [5.41, 5.74) is -1.71. The number of alkyl halides is 3. The van der Waals surface area contributed by atoms with Crippen LogP contribution in [0.3, 0.4) is 0 Å². The Hall–Kier alpha value is -2.06. The lowest BCUT2D eigenvalue weighted by Crippen LogP contribution is -2.19. The van der Waals surface area contributed by atoms with Crippen LogP contribution in [-0.2, 0) is 6.18 Å². The Balaban J connectivity index is 2.18. The van der Waals surface area contributed by atoms with Crippen LogP contribution in [0.1, 0.15) is 17.2 Å². The molecule has 2 rings (SSSR count). The minimum absolute atomic E-state index is 0.119. The Labute approximate surface area is 127 Å². The maximum atomic E-state index is 12.9. The van der Waals surface area contributed by atoms with Crippen molar-refractivity contribution < 1.29 is 18.3 Å².